The van der Waals surface area contributed by atoms with Crippen molar-refractivity contribution < 1.29 is 31.9 Å². The summed E-state index contributed by atoms with van der Waals surface area (Å²) in [5.74, 6) is -1.94. The van der Waals surface area contributed by atoms with Crippen molar-refractivity contribution in [3.63, 3.8) is 0 Å². The second-order valence-electron chi connectivity index (χ2n) is 6.79. The van der Waals surface area contributed by atoms with E-state index in [1.807, 2.05) is 0 Å². The molecule has 1 atom stereocenters. The minimum absolute atomic E-state index is 0.0718. The van der Waals surface area contributed by atoms with Crippen LogP contribution in [0.1, 0.15) is 35.3 Å². The number of ketones is 1. The van der Waals surface area contributed by atoms with Crippen LogP contribution in [0.3, 0.4) is 0 Å². The van der Waals surface area contributed by atoms with Crippen molar-refractivity contribution in [2.45, 2.75) is 24.3 Å². The molecule has 0 saturated heterocycles. The van der Waals surface area contributed by atoms with Crippen LogP contribution in [-0.4, -0.2) is 51.1 Å². The van der Waals surface area contributed by atoms with Gasteiger partial charge in [0, 0.05) is 12.6 Å². The van der Waals surface area contributed by atoms with Gasteiger partial charge >= 0.3 is 5.97 Å². The number of esters is 1. The first kappa shape index (κ1) is 24.2. The number of ether oxygens (including phenoxy) is 1. The van der Waals surface area contributed by atoms with Gasteiger partial charge in [-0.25, -0.2) is 12.8 Å². The largest absolute Gasteiger partial charge is 0.469 e. The number of halogens is 1. The van der Waals surface area contributed by atoms with Gasteiger partial charge in [-0.3, -0.25) is 14.4 Å². The van der Waals surface area contributed by atoms with Gasteiger partial charge < -0.3 is 10.1 Å². The molecular weight excluding hydrogens is 427 g/mol. The van der Waals surface area contributed by atoms with Gasteiger partial charge in [0.2, 0.25) is 15.9 Å². The van der Waals surface area contributed by atoms with Crippen molar-refractivity contribution in [1.82, 2.24) is 9.62 Å². The van der Waals surface area contributed by atoms with Gasteiger partial charge in [0.05, 0.1) is 31.0 Å². The summed E-state index contributed by atoms with van der Waals surface area (Å²) in [6, 6.07) is 9.75. The van der Waals surface area contributed by atoms with Crippen molar-refractivity contribution >= 4 is 27.7 Å². The SMILES string of the molecule is COC(=O)CC(NC(=O)CN(C)S(=O)(=O)c1ccc(C(C)=O)cc1)c1ccc(F)cc1. The number of benzene rings is 2. The normalized spacial score (nSPS) is 12.3. The van der Waals surface area contributed by atoms with E-state index in [1.165, 1.54) is 69.6 Å². The molecule has 2 aromatic carbocycles. The fraction of sp³-hybridized carbons (Fsp3) is 0.286. The third-order valence-corrected chi connectivity index (χ3v) is 6.36. The summed E-state index contributed by atoms with van der Waals surface area (Å²) in [7, 11) is -1.56. The van der Waals surface area contributed by atoms with Crippen LogP contribution in [0, 0.1) is 5.82 Å². The van der Waals surface area contributed by atoms with E-state index in [9.17, 15) is 27.2 Å². The number of sulfonamides is 1. The summed E-state index contributed by atoms with van der Waals surface area (Å²) in [6.07, 6.45) is -0.211. The van der Waals surface area contributed by atoms with E-state index < -0.39 is 40.3 Å². The van der Waals surface area contributed by atoms with Crippen molar-refractivity contribution in [3.8, 4) is 0 Å². The van der Waals surface area contributed by atoms with Crippen molar-refractivity contribution in [3.05, 3.63) is 65.5 Å². The molecule has 1 N–H and O–H groups in total. The summed E-state index contributed by atoms with van der Waals surface area (Å²) >= 11 is 0. The number of likely N-dealkylation sites (N-methyl/N-ethyl adjacent to an activating group) is 1. The molecular formula is C21H23FN2O6S. The fourth-order valence-electron chi connectivity index (χ4n) is 2.77. The molecule has 1 unspecified atom stereocenters. The number of hydrogen-bond donors (Lipinski definition) is 1. The predicted octanol–water partition coefficient (Wildman–Crippen LogP) is 2.07. The van der Waals surface area contributed by atoms with Gasteiger partial charge in [-0.05, 0) is 36.8 Å². The smallest absolute Gasteiger partial charge is 0.307 e. The molecule has 0 aliphatic rings. The van der Waals surface area contributed by atoms with E-state index >= 15 is 0 Å². The van der Waals surface area contributed by atoms with Crippen LogP contribution >= 0.6 is 0 Å². The minimum atomic E-state index is -3.99. The number of Topliss-reactive ketones (excluding diaryl/α,β-unsaturated/α-hetero) is 1. The molecule has 0 aliphatic carbocycles. The molecule has 0 bridgehead atoms. The zero-order valence-electron chi connectivity index (χ0n) is 17.3. The summed E-state index contributed by atoms with van der Waals surface area (Å²) in [5.41, 5.74) is 0.828. The number of carbonyl (C=O) groups is 3. The Labute approximate surface area is 180 Å². The lowest BCUT2D eigenvalue weighted by Crippen LogP contribution is -2.40. The van der Waals surface area contributed by atoms with Crippen LogP contribution < -0.4 is 5.32 Å². The second-order valence-corrected chi connectivity index (χ2v) is 8.84. The van der Waals surface area contributed by atoms with Crippen LogP contribution in [0.25, 0.3) is 0 Å². The molecule has 166 valence electrons. The van der Waals surface area contributed by atoms with Crippen molar-refractivity contribution in [2.75, 3.05) is 20.7 Å². The van der Waals surface area contributed by atoms with E-state index in [0.29, 0.717) is 11.1 Å². The Bertz CT molecular complexity index is 1050. The number of nitrogens with one attached hydrogen (secondary N) is 1. The molecule has 2 aromatic rings. The highest BCUT2D eigenvalue weighted by atomic mass is 32.2. The third-order valence-electron chi connectivity index (χ3n) is 4.54. The Morgan fingerprint density at radius 3 is 2.16 bits per heavy atom. The van der Waals surface area contributed by atoms with Gasteiger partial charge in [0.25, 0.3) is 0 Å². The minimum Gasteiger partial charge on any atom is -0.469 e. The number of carbonyl (C=O) groups excluding carboxylic acids is 3. The van der Waals surface area contributed by atoms with E-state index in [-0.39, 0.29) is 17.1 Å². The quantitative estimate of drug-likeness (QED) is 0.463. The third kappa shape index (κ3) is 6.43. The maximum Gasteiger partial charge on any atom is 0.307 e. The number of nitrogens with zero attached hydrogens (tertiary/aromatic N) is 1. The molecule has 0 saturated carbocycles. The highest BCUT2D eigenvalue weighted by Gasteiger charge is 2.25. The summed E-state index contributed by atoms with van der Waals surface area (Å²) in [4.78, 5) is 35.5. The van der Waals surface area contributed by atoms with Crippen molar-refractivity contribution in [1.29, 1.82) is 0 Å². The fourth-order valence-corrected chi connectivity index (χ4v) is 3.89. The van der Waals surface area contributed by atoms with Gasteiger partial charge in [-0.1, -0.05) is 24.3 Å². The maximum atomic E-state index is 13.2. The lowest BCUT2D eigenvalue weighted by molar-refractivity contribution is -0.141. The topological polar surface area (TPSA) is 110 Å². The van der Waals surface area contributed by atoms with E-state index in [2.05, 4.69) is 10.1 Å². The number of hydrogen-bond acceptors (Lipinski definition) is 6. The molecule has 8 nitrogen and oxygen atoms in total. The average Bonchev–Trinajstić information content (AvgIpc) is 2.73. The molecule has 0 heterocycles. The lowest BCUT2D eigenvalue weighted by Gasteiger charge is -2.21. The molecule has 0 spiro atoms. The predicted molar refractivity (Wildman–Crippen MR) is 110 cm³/mol. The molecule has 31 heavy (non-hydrogen) atoms. The molecule has 0 radical (unpaired) electrons. The van der Waals surface area contributed by atoms with Gasteiger partial charge in [0.15, 0.2) is 5.78 Å². The Kier molecular flexibility index (Phi) is 8.01. The highest BCUT2D eigenvalue weighted by molar-refractivity contribution is 7.89. The molecule has 0 fully saturated rings. The van der Waals surface area contributed by atoms with Crippen LogP contribution in [0.15, 0.2) is 53.4 Å². The standard InChI is InChI=1S/C21H23FN2O6S/c1-14(25)15-6-10-18(11-7-15)31(28,29)24(2)13-20(26)23-19(12-21(27)30-3)16-4-8-17(22)9-5-16/h4-11,19H,12-13H2,1-3H3,(H,23,26). The Morgan fingerprint density at radius 2 is 1.65 bits per heavy atom. The Hall–Kier alpha value is -3.11. The second kappa shape index (κ2) is 10.3. The number of amides is 1. The van der Waals surface area contributed by atoms with Gasteiger partial charge in [-0.2, -0.15) is 4.31 Å². The van der Waals surface area contributed by atoms with E-state index in [4.69, 9.17) is 0 Å². The van der Waals surface area contributed by atoms with Gasteiger partial charge in [0.1, 0.15) is 5.82 Å². The summed E-state index contributed by atoms with van der Waals surface area (Å²) in [6.45, 7) is 0.849. The van der Waals surface area contributed by atoms with Crippen molar-refractivity contribution in [2.24, 2.45) is 0 Å². The first-order valence-electron chi connectivity index (χ1n) is 9.23. The maximum absolute atomic E-state index is 13.2. The van der Waals surface area contributed by atoms with Crippen LogP contribution in [0.4, 0.5) is 4.39 Å². The first-order chi connectivity index (χ1) is 14.5. The van der Waals surface area contributed by atoms with Crippen LogP contribution in [0.5, 0.6) is 0 Å². The molecule has 10 heteroatoms. The lowest BCUT2D eigenvalue weighted by atomic mass is 10.0. The summed E-state index contributed by atoms with van der Waals surface area (Å²) < 4.78 is 44.1. The summed E-state index contributed by atoms with van der Waals surface area (Å²) in [5, 5.41) is 2.58. The zero-order valence-corrected chi connectivity index (χ0v) is 18.1. The van der Waals surface area contributed by atoms with Gasteiger partial charge in [-0.15, -0.1) is 0 Å². The Morgan fingerprint density at radius 1 is 1.06 bits per heavy atom. The Balaban J connectivity index is 2.13. The average molecular weight is 450 g/mol. The first-order valence-corrected chi connectivity index (χ1v) is 10.7. The zero-order chi connectivity index (χ0) is 23.2. The van der Waals surface area contributed by atoms with Crippen LogP contribution in [-0.2, 0) is 24.3 Å². The molecule has 0 aromatic heterocycles. The van der Waals surface area contributed by atoms with Crippen LogP contribution in [0.2, 0.25) is 0 Å². The molecule has 0 aliphatic heterocycles. The monoisotopic (exact) mass is 450 g/mol. The highest BCUT2D eigenvalue weighted by Crippen LogP contribution is 2.19. The number of rotatable bonds is 9. The number of methoxy groups -OCH3 is 1. The van der Waals surface area contributed by atoms with E-state index in [0.717, 1.165) is 4.31 Å². The van der Waals surface area contributed by atoms with E-state index in [1.54, 1.807) is 0 Å². The molecule has 1 amide bonds. The molecule has 2 rings (SSSR count).